The number of aromatic nitrogens is 3. The molecule has 3 aromatic heterocycles. The number of carbonyl (C=O) groups excluding carboxylic acids is 1. The van der Waals surface area contributed by atoms with Gasteiger partial charge in [0.2, 0.25) is 0 Å². The van der Waals surface area contributed by atoms with Gasteiger partial charge in [0.05, 0.1) is 30.0 Å². The molecule has 0 saturated carbocycles. The van der Waals surface area contributed by atoms with Crippen LogP contribution in [0.1, 0.15) is 26.5 Å². The predicted molar refractivity (Wildman–Crippen MR) is 99.2 cm³/mol. The van der Waals surface area contributed by atoms with Crippen LogP contribution in [0.4, 0.5) is 0 Å². The van der Waals surface area contributed by atoms with Gasteiger partial charge in [0.15, 0.2) is 0 Å². The average molecular weight is 390 g/mol. The third kappa shape index (κ3) is 4.22. The van der Waals surface area contributed by atoms with E-state index in [-0.39, 0.29) is 31.1 Å². The summed E-state index contributed by atoms with van der Waals surface area (Å²) < 4.78 is 1.37. The number of carbonyl (C=O) groups is 1. The van der Waals surface area contributed by atoms with Gasteiger partial charge in [-0.05, 0) is 35.9 Å². The minimum Gasteiger partial charge on any atom is -0.543 e. The molecule has 9 heteroatoms. The molecule has 0 radical (unpaired) electrons. The molecule has 0 aromatic carbocycles. The molecule has 0 spiro atoms. The Morgan fingerprint density at radius 3 is 3.00 bits per heavy atom. The summed E-state index contributed by atoms with van der Waals surface area (Å²) in [6.07, 6.45) is 3.99. The van der Waals surface area contributed by atoms with E-state index in [0.29, 0.717) is 37.2 Å². The normalized spacial score (nSPS) is 13.3. The fourth-order valence-electron chi connectivity index (χ4n) is 3.47. The number of nitrogens with one attached hydrogen (secondary N) is 1. The summed E-state index contributed by atoms with van der Waals surface area (Å²) in [7, 11) is 0. The number of carboxylic acids is 1. The van der Waals surface area contributed by atoms with Crippen LogP contribution < -0.4 is 29.3 Å². The summed E-state index contributed by atoms with van der Waals surface area (Å²) in [6, 6.07) is 5.85. The van der Waals surface area contributed by atoms with E-state index < -0.39 is 12.1 Å². The first-order chi connectivity index (χ1) is 13.1. The van der Waals surface area contributed by atoms with Crippen LogP contribution in [0.3, 0.4) is 0 Å². The number of carboxylic acid groups (broad SMARTS) is 1. The van der Waals surface area contributed by atoms with Crippen LogP contribution in [0, 0.1) is 0 Å². The molecule has 1 atom stereocenters. The van der Waals surface area contributed by atoms with Crippen molar-refractivity contribution in [3.63, 3.8) is 0 Å². The van der Waals surface area contributed by atoms with Gasteiger partial charge in [0.25, 0.3) is 0 Å². The Morgan fingerprint density at radius 2 is 2.25 bits per heavy atom. The number of fused-ring (bicyclic) bond motifs is 3. The Kier molecular flexibility index (Phi) is 6.70. The molecule has 1 aliphatic carbocycles. The van der Waals surface area contributed by atoms with Crippen molar-refractivity contribution in [3.05, 3.63) is 57.7 Å². The van der Waals surface area contributed by atoms with Gasteiger partial charge in [0, 0.05) is 41.5 Å². The molecule has 7 nitrogen and oxygen atoms in total. The second-order valence-electron chi connectivity index (χ2n) is 6.54. The Labute approximate surface area is 178 Å². The number of hydrogen-bond acceptors (Lipinski definition) is 7. The number of aliphatic hydroxyl groups excluding tert-OH is 1. The standard InChI is InChI=1S/C19H20N4O3S.Li/c24-13(9-21-10-14-2-1-7-27-14)11-23-18(19(25)26)16-4-3-12-8-20-6-5-15(12)17(16)22-23;/h1-2,5-8,13,21,24H,3-4,9-11H2,(H,25,26);/q;+1/p-1. The zero-order valence-corrected chi connectivity index (χ0v) is 16.4. The average Bonchev–Trinajstić information content (AvgIpc) is 3.29. The summed E-state index contributed by atoms with van der Waals surface area (Å²) in [4.78, 5) is 17.0. The van der Waals surface area contributed by atoms with Crippen molar-refractivity contribution in [2.75, 3.05) is 6.54 Å². The van der Waals surface area contributed by atoms with Gasteiger partial charge in [0.1, 0.15) is 0 Å². The summed E-state index contributed by atoms with van der Waals surface area (Å²) in [5, 5.41) is 31.8. The molecule has 2 N–H and O–H groups in total. The first-order valence-corrected chi connectivity index (χ1v) is 9.67. The smallest absolute Gasteiger partial charge is 0.543 e. The van der Waals surface area contributed by atoms with Gasteiger partial charge in [-0.3, -0.25) is 9.67 Å². The van der Waals surface area contributed by atoms with E-state index >= 15 is 0 Å². The molecule has 3 heterocycles. The van der Waals surface area contributed by atoms with Gasteiger partial charge in [-0.2, -0.15) is 5.10 Å². The quantitative estimate of drug-likeness (QED) is 0.437. The van der Waals surface area contributed by atoms with Crippen LogP contribution in [0.15, 0.2) is 36.0 Å². The Hall–Kier alpha value is -1.95. The second-order valence-corrected chi connectivity index (χ2v) is 7.57. The van der Waals surface area contributed by atoms with Crippen molar-refractivity contribution in [3.8, 4) is 11.3 Å². The Morgan fingerprint density at radius 1 is 1.39 bits per heavy atom. The number of aromatic carboxylic acids is 1. The molecule has 1 aliphatic rings. The van der Waals surface area contributed by atoms with Crippen LogP contribution in [-0.2, 0) is 25.9 Å². The van der Waals surface area contributed by atoms with Crippen molar-refractivity contribution in [1.82, 2.24) is 20.1 Å². The number of rotatable bonds is 7. The van der Waals surface area contributed by atoms with Crippen molar-refractivity contribution in [1.29, 1.82) is 0 Å². The minimum atomic E-state index is -1.26. The van der Waals surface area contributed by atoms with Gasteiger partial charge in [-0.15, -0.1) is 11.3 Å². The fourth-order valence-corrected chi connectivity index (χ4v) is 4.14. The maximum atomic E-state index is 11.7. The topological polar surface area (TPSA) is 103 Å². The van der Waals surface area contributed by atoms with Crippen LogP contribution in [0.25, 0.3) is 11.3 Å². The first-order valence-electron chi connectivity index (χ1n) is 8.79. The molecular formula is C19H19LiN4O3S. The number of nitrogens with zero attached hydrogens (tertiary/aromatic N) is 3. The molecule has 0 saturated heterocycles. The second kappa shape index (κ2) is 9.03. The van der Waals surface area contributed by atoms with Crippen LogP contribution in [0.2, 0.25) is 0 Å². The van der Waals surface area contributed by atoms with Gasteiger partial charge >= 0.3 is 18.9 Å². The molecule has 3 aromatic rings. The number of thiophene rings is 1. The van der Waals surface area contributed by atoms with Crippen molar-refractivity contribution in [2.45, 2.75) is 32.0 Å². The third-order valence-electron chi connectivity index (χ3n) is 4.69. The summed E-state index contributed by atoms with van der Waals surface area (Å²) >= 11 is 1.64. The SMILES string of the molecule is O=C([O-])c1c2c(nn1CC(O)CNCc1cccs1)-c1ccncc1CC2.[Li+]. The van der Waals surface area contributed by atoms with Crippen LogP contribution in [-0.4, -0.2) is 38.5 Å². The van der Waals surface area contributed by atoms with E-state index in [0.717, 1.165) is 11.1 Å². The molecule has 4 rings (SSSR count). The summed E-state index contributed by atoms with van der Waals surface area (Å²) in [5.41, 5.74) is 3.34. The third-order valence-corrected chi connectivity index (χ3v) is 5.57. The van der Waals surface area contributed by atoms with Crippen molar-refractivity contribution >= 4 is 17.3 Å². The molecule has 140 valence electrons. The van der Waals surface area contributed by atoms with Gasteiger partial charge < -0.3 is 20.3 Å². The van der Waals surface area contributed by atoms with E-state index in [9.17, 15) is 15.0 Å². The Balaban J connectivity index is 0.00000225. The van der Waals surface area contributed by atoms with E-state index in [1.54, 1.807) is 23.7 Å². The maximum Gasteiger partial charge on any atom is 1.00 e. The number of pyridine rings is 1. The first kappa shape index (κ1) is 20.8. The molecular weight excluding hydrogens is 371 g/mol. The molecule has 28 heavy (non-hydrogen) atoms. The summed E-state index contributed by atoms with van der Waals surface area (Å²) in [5.74, 6) is -1.26. The van der Waals surface area contributed by atoms with Gasteiger partial charge in [-0.25, -0.2) is 0 Å². The van der Waals surface area contributed by atoms with E-state index in [1.165, 1.54) is 9.56 Å². The van der Waals surface area contributed by atoms with Crippen LogP contribution in [0.5, 0.6) is 0 Å². The van der Waals surface area contributed by atoms with E-state index in [1.807, 2.05) is 23.6 Å². The summed E-state index contributed by atoms with van der Waals surface area (Å²) in [6.45, 7) is 1.10. The zero-order chi connectivity index (χ0) is 18.8. The number of hydrogen-bond donors (Lipinski definition) is 2. The molecule has 1 unspecified atom stereocenters. The van der Waals surface area contributed by atoms with E-state index in [2.05, 4.69) is 15.4 Å². The van der Waals surface area contributed by atoms with E-state index in [4.69, 9.17) is 0 Å². The molecule has 0 fully saturated rings. The minimum absolute atomic E-state index is 0. The zero-order valence-electron chi connectivity index (χ0n) is 15.6. The van der Waals surface area contributed by atoms with Gasteiger partial charge in [-0.1, -0.05) is 6.07 Å². The Bertz CT molecular complexity index is 958. The fraction of sp³-hybridized carbons (Fsp3) is 0.316. The van der Waals surface area contributed by atoms with Crippen LogP contribution >= 0.6 is 11.3 Å². The predicted octanol–water partition coefficient (Wildman–Crippen LogP) is -2.38. The molecule has 0 aliphatic heterocycles. The van der Waals surface area contributed by atoms with Crippen molar-refractivity contribution in [2.24, 2.45) is 0 Å². The monoisotopic (exact) mass is 390 g/mol. The maximum absolute atomic E-state index is 11.7. The number of aliphatic hydroxyl groups is 1. The number of aryl methyl sites for hydroxylation is 1. The largest absolute Gasteiger partial charge is 1.00 e. The molecule has 0 amide bonds. The molecule has 0 bridgehead atoms. The van der Waals surface area contributed by atoms with Crippen molar-refractivity contribution < 1.29 is 33.9 Å².